The lowest BCUT2D eigenvalue weighted by molar-refractivity contribution is -0.144. The minimum Gasteiger partial charge on any atom is -0.363 e. The molecule has 4 rings (SSSR count). The number of amides is 5. The van der Waals surface area contributed by atoms with E-state index in [0.717, 1.165) is 51.4 Å². The molecular weight excluding hydrogens is 545 g/mol. The molecule has 0 bridgehead atoms. The minimum absolute atomic E-state index is 0.0657. The number of piperidine rings is 1. The van der Waals surface area contributed by atoms with Gasteiger partial charge >= 0.3 is 6.03 Å². The number of urea groups is 1. The van der Waals surface area contributed by atoms with Crippen LogP contribution in [0.4, 0.5) is 4.79 Å². The number of halogens is 2. The van der Waals surface area contributed by atoms with E-state index in [2.05, 4.69) is 16.0 Å². The van der Waals surface area contributed by atoms with Crippen LogP contribution in [0.5, 0.6) is 0 Å². The molecule has 0 aromatic carbocycles. The van der Waals surface area contributed by atoms with Crippen molar-refractivity contribution in [3.05, 3.63) is 0 Å². The number of nitrogens with two attached hydrogens (primary N) is 1. The van der Waals surface area contributed by atoms with E-state index in [-0.39, 0.29) is 24.4 Å². The molecule has 4 aliphatic rings. The van der Waals surface area contributed by atoms with Crippen LogP contribution >= 0.6 is 23.2 Å². The van der Waals surface area contributed by atoms with E-state index in [1.807, 2.05) is 20.8 Å². The van der Waals surface area contributed by atoms with Crippen molar-refractivity contribution in [2.75, 3.05) is 6.54 Å². The predicted octanol–water partition coefficient (Wildman–Crippen LogP) is 2.39. The Kier molecular flexibility index (Phi) is 8.76. The summed E-state index contributed by atoms with van der Waals surface area (Å²) in [4.78, 5) is 66.2. The molecule has 0 aromatic heterocycles. The first kappa shape index (κ1) is 29.9. The Labute approximate surface area is 239 Å². The Morgan fingerprint density at radius 2 is 1.62 bits per heavy atom. The summed E-state index contributed by atoms with van der Waals surface area (Å²) in [5, 5.41) is 8.53. The molecule has 3 unspecified atom stereocenters. The standard InChI is InChI=1S/C27H41Cl2N5O5/c1-26(2,3)21(33-25(39)31-15-10-5-4-6-11-15)24(38)34-13-16-18(27(16,28)29)19(34)23(37)32-17(20(35)22(30)36)12-14-8-7-9-14/h14-19,21H,4-13H2,1-3H3,(H2,30,36)(H,32,37)(H2,31,33,39)/t16?,17?,18?,19-,21+/m0/s1. The van der Waals surface area contributed by atoms with Crippen LogP contribution in [0.15, 0.2) is 0 Å². The van der Waals surface area contributed by atoms with E-state index in [0.29, 0.717) is 6.42 Å². The molecule has 218 valence electrons. The summed E-state index contributed by atoms with van der Waals surface area (Å²) in [6, 6.07) is -3.40. The molecule has 3 aliphatic carbocycles. The molecule has 10 nitrogen and oxygen atoms in total. The Morgan fingerprint density at radius 1 is 0.974 bits per heavy atom. The maximum absolute atomic E-state index is 13.9. The zero-order valence-corrected chi connectivity index (χ0v) is 24.4. The van der Waals surface area contributed by atoms with Gasteiger partial charge in [-0.2, -0.15) is 0 Å². The number of carbonyl (C=O) groups excluding carboxylic acids is 5. The maximum Gasteiger partial charge on any atom is 0.315 e. The number of hydrogen-bond donors (Lipinski definition) is 4. The average Bonchev–Trinajstić information content (AvgIpc) is 3.15. The van der Waals surface area contributed by atoms with Crippen molar-refractivity contribution in [1.29, 1.82) is 0 Å². The number of fused-ring (bicyclic) bond motifs is 1. The van der Waals surface area contributed by atoms with E-state index in [1.54, 1.807) is 0 Å². The zero-order chi connectivity index (χ0) is 28.7. The van der Waals surface area contributed by atoms with Crippen molar-refractivity contribution < 1.29 is 24.0 Å². The lowest BCUT2D eigenvalue weighted by atomic mass is 9.80. The second-order valence-electron chi connectivity index (χ2n) is 12.8. The van der Waals surface area contributed by atoms with E-state index >= 15 is 0 Å². The second kappa shape index (κ2) is 11.4. The first-order chi connectivity index (χ1) is 18.2. The van der Waals surface area contributed by atoms with Gasteiger partial charge in [0, 0.05) is 24.4 Å². The van der Waals surface area contributed by atoms with Gasteiger partial charge in [-0.1, -0.05) is 59.3 Å². The molecule has 0 spiro atoms. The molecule has 0 radical (unpaired) electrons. The molecule has 39 heavy (non-hydrogen) atoms. The lowest BCUT2D eigenvalue weighted by Crippen LogP contribution is -2.62. The summed E-state index contributed by atoms with van der Waals surface area (Å²) >= 11 is 12.9. The third-order valence-corrected chi connectivity index (χ3v) is 9.95. The topological polar surface area (TPSA) is 151 Å². The minimum atomic E-state index is -1.18. The van der Waals surface area contributed by atoms with Crippen molar-refractivity contribution in [2.24, 2.45) is 28.9 Å². The Balaban J connectivity index is 1.50. The molecule has 0 aromatic rings. The summed E-state index contributed by atoms with van der Waals surface area (Å²) in [6.07, 6.45) is 8.22. The average molecular weight is 587 g/mol. The van der Waals surface area contributed by atoms with E-state index in [9.17, 15) is 24.0 Å². The number of rotatable bonds is 9. The molecule has 5 atom stereocenters. The highest BCUT2D eigenvalue weighted by Crippen LogP contribution is 2.65. The monoisotopic (exact) mass is 585 g/mol. The van der Waals surface area contributed by atoms with Crippen LogP contribution in [0.2, 0.25) is 0 Å². The fourth-order valence-corrected chi connectivity index (χ4v) is 7.10. The number of likely N-dealkylation sites (tertiary alicyclic amines) is 1. The number of alkyl halides is 2. The molecule has 5 N–H and O–H groups in total. The van der Waals surface area contributed by atoms with Gasteiger partial charge in [0.15, 0.2) is 0 Å². The van der Waals surface area contributed by atoms with E-state index in [4.69, 9.17) is 28.9 Å². The number of ketones is 1. The largest absolute Gasteiger partial charge is 0.363 e. The molecule has 5 amide bonds. The highest BCUT2D eigenvalue weighted by molar-refractivity contribution is 6.51. The second-order valence-corrected chi connectivity index (χ2v) is 14.3. The van der Waals surface area contributed by atoms with Crippen LogP contribution in [0, 0.1) is 23.2 Å². The summed E-state index contributed by atoms with van der Waals surface area (Å²) in [7, 11) is 0. The number of nitrogens with one attached hydrogen (secondary N) is 3. The highest BCUT2D eigenvalue weighted by Gasteiger charge is 2.74. The number of hydrogen-bond acceptors (Lipinski definition) is 5. The van der Waals surface area contributed by atoms with Gasteiger partial charge in [-0.25, -0.2) is 4.79 Å². The van der Waals surface area contributed by atoms with Gasteiger partial charge in [-0.3, -0.25) is 19.2 Å². The molecule has 1 saturated heterocycles. The van der Waals surface area contributed by atoms with Crippen LogP contribution in [0.25, 0.3) is 0 Å². The van der Waals surface area contributed by atoms with Crippen LogP contribution in [-0.2, 0) is 19.2 Å². The summed E-state index contributed by atoms with van der Waals surface area (Å²) in [5.74, 6) is -3.65. The molecule has 1 aliphatic heterocycles. The van der Waals surface area contributed by atoms with Gasteiger partial charge in [0.1, 0.15) is 16.4 Å². The molecule has 12 heteroatoms. The van der Waals surface area contributed by atoms with Crippen molar-refractivity contribution in [3.63, 3.8) is 0 Å². The van der Waals surface area contributed by atoms with E-state index in [1.165, 1.54) is 4.90 Å². The van der Waals surface area contributed by atoms with Gasteiger partial charge in [0.25, 0.3) is 5.91 Å². The highest BCUT2D eigenvalue weighted by atomic mass is 35.5. The lowest BCUT2D eigenvalue weighted by Gasteiger charge is -2.38. The summed E-state index contributed by atoms with van der Waals surface area (Å²) in [5.41, 5.74) is 4.60. The number of carbonyl (C=O) groups is 5. The van der Waals surface area contributed by atoms with Gasteiger partial charge in [-0.15, -0.1) is 23.2 Å². The Hall–Kier alpha value is -2.07. The van der Waals surface area contributed by atoms with Crippen molar-refractivity contribution in [2.45, 2.75) is 107 Å². The first-order valence-corrected chi connectivity index (χ1v) is 14.9. The normalized spacial score (nSPS) is 27.9. The fraction of sp³-hybridized carbons (Fsp3) is 0.815. The summed E-state index contributed by atoms with van der Waals surface area (Å²) in [6.45, 7) is 5.67. The van der Waals surface area contributed by atoms with Gasteiger partial charge in [-0.05, 0) is 30.6 Å². The van der Waals surface area contributed by atoms with Crippen LogP contribution in [-0.4, -0.2) is 69.5 Å². The van der Waals surface area contributed by atoms with Crippen LogP contribution in [0.1, 0.15) is 78.6 Å². The SMILES string of the molecule is CC(C)(C)[C@H](NC(=O)NC1CCCCC1)C(=O)N1CC2C([C@H]1C(=O)NC(CC1CCC1)C(=O)C(N)=O)C2(Cl)Cl. The Bertz CT molecular complexity index is 1010. The number of primary amides is 1. The maximum atomic E-state index is 13.9. The molecular formula is C27H41Cl2N5O5. The third kappa shape index (κ3) is 6.47. The van der Waals surface area contributed by atoms with Crippen molar-refractivity contribution >= 4 is 52.7 Å². The fourth-order valence-electron chi connectivity index (χ4n) is 6.28. The van der Waals surface area contributed by atoms with E-state index < -0.39 is 63.3 Å². The molecule has 3 saturated carbocycles. The van der Waals surface area contributed by atoms with Crippen LogP contribution < -0.4 is 21.7 Å². The van der Waals surface area contributed by atoms with Crippen molar-refractivity contribution in [3.8, 4) is 0 Å². The number of nitrogens with zero attached hydrogens (tertiary/aromatic N) is 1. The molecule has 4 fully saturated rings. The first-order valence-electron chi connectivity index (χ1n) is 14.1. The summed E-state index contributed by atoms with van der Waals surface area (Å²) < 4.78 is -1.18. The van der Waals surface area contributed by atoms with Crippen LogP contribution in [0.3, 0.4) is 0 Å². The molecule has 1 heterocycles. The predicted molar refractivity (Wildman–Crippen MR) is 147 cm³/mol. The van der Waals surface area contributed by atoms with Gasteiger partial charge in [0.05, 0.1) is 6.04 Å². The number of Topliss-reactive ketones (excluding diaryl/α,β-unsaturated/α-hetero) is 1. The Morgan fingerprint density at radius 3 is 2.15 bits per heavy atom. The van der Waals surface area contributed by atoms with Crippen molar-refractivity contribution in [1.82, 2.24) is 20.9 Å². The van der Waals surface area contributed by atoms with Gasteiger partial charge < -0.3 is 26.6 Å². The van der Waals surface area contributed by atoms with Gasteiger partial charge in [0.2, 0.25) is 17.6 Å². The quantitative estimate of drug-likeness (QED) is 0.242. The smallest absolute Gasteiger partial charge is 0.315 e. The third-order valence-electron chi connectivity index (χ3n) is 8.88. The zero-order valence-electron chi connectivity index (χ0n) is 22.9.